The predicted molar refractivity (Wildman–Crippen MR) is 88.7 cm³/mol. The van der Waals surface area contributed by atoms with Crippen molar-refractivity contribution in [1.29, 1.82) is 0 Å². The maximum atomic E-state index is 11.8. The van der Waals surface area contributed by atoms with Gasteiger partial charge in [0.25, 0.3) is 5.78 Å². The second-order valence-electron chi connectivity index (χ2n) is 5.59. The third kappa shape index (κ3) is 3.55. The van der Waals surface area contributed by atoms with Crippen molar-refractivity contribution in [2.75, 3.05) is 39.5 Å². The lowest BCUT2D eigenvalue weighted by Crippen LogP contribution is -2.38. The summed E-state index contributed by atoms with van der Waals surface area (Å²) in [4.78, 5) is 25.1. The molecule has 1 heterocycles. The van der Waals surface area contributed by atoms with Crippen molar-refractivity contribution in [2.45, 2.75) is 0 Å². The minimum absolute atomic E-state index is 0.179. The van der Waals surface area contributed by atoms with Crippen LogP contribution in [0.2, 0.25) is 0 Å². The van der Waals surface area contributed by atoms with Gasteiger partial charge in [-0.05, 0) is 17.5 Å². The fraction of sp³-hybridized carbons (Fsp3) is 0.333. The zero-order valence-electron chi connectivity index (χ0n) is 13.2. The largest absolute Gasteiger partial charge is 0.492 e. The second-order valence-corrected chi connectivity index (χ2v) is 5.59. The van der Waals surface area contributed by atoms with Crippen LogP contribution >= 0.6 is 0 Å². The molecule has 6 heteroatoms. The molecule has 0 unspecified atom stereocenters. The smallest absolute Gasteiger partial charge is 0.377 e. The van der Waals surface area contributed by atoms with Crippen molar-refractivity contribution in [2.24, 2.45) is 0 Å². The van der Waals surface area contributed by atoms with E-state index < -0.39 is 11.8 Å². The topological polar surface area (TPSA) is 76.1 Å². The van der Waals surface area contributed by atoms with Crippen molar-refractivity contribution in [1.82, 2.24) is 4.90 Å². The van der Waals surface area contributed by atoms with Crippen LogP contribution in [-0.2, 0) is 9.53 Å². The van der Waals surface area contributed by atoms with Gasteiger partial charge in [-0.15, -0.1) is 0 Å². The third-order valence-electron chi connectivity index (χ3n) is 4.09. The molecule has 0 bridgehead atoms. The molecule has 0 aromatic heterocycles. The van der Waals surface area contributed by atoms with Gasteiger partial charge >= 0.3 is 5.97 Å². The molecule has 6 nitrogen and oxygen atoms in total. The van der Waals surface area contributed by atoms with Gasteiger partial charge in [0.1, 0.15) is 12.4 Å². The number of nitrogens with zero attached hydrogens (tertiary/aromatic N) is 1. The highest BCUT2D eigenvalue weighted by Gasteiger charge is 2.19. The van der Waals surface area contributed by atoms with Gasteiger partial charge < -0.3 is 14.6 Å². The van der Waals surface area contributed by atoms with Gasteiger partial charge in [0.15, 0.2) is 0 Å². The molecule has 2 aromatic carbocycles. The Labute approximate surface area is 139 Å². The summed E-state index contributed by atoms with van der Waals surface area (Å²) in [6, 6.07) is 10.4. The number of ether oxygens (including phenoxy) is 2. The molecular weight excluding hydrogens is 310 g/mol. The van der Waals surface area contributed by atoms with E-state index in [1.807, 2.05) is 12.1 Å². The van der Waals surface area contributed by atoms with E-state index in [4.69, 9.17) is 14.6 Å². The Hall–Kier alpha value is -2.44. The second kappa shape index (κ2) is 7.42. The first-order valence-corrected chi connectivity index (χ1v) is 7.89. The van der Waals surface area contributed by atoms with Crippen molar-refractivity contribution < 1.29 is 24.2 Å². The molecule has 0 aliphatic carbocycles. The van der Waals surface area contributed by atoms with Gasteiger partial charge in [-0.25, -0.2) is 4.79 Å². The lowest BCUT2D eigenvalue weighted by Gasteiger charge is -2.26. The van der Waals surface area contributed by atoms with Crippen LogP contribution < -0.4 is 4.74 Å². The lowest BCUT2D eigenvalue weighted by atomic mass is 10.0. The van der Waals surface area contributed by atoms with Gasteiger partial charge in [-0.2, -0.15) is 0 Å². The number of carboxylic acids is 1. The van der Waals surface area contributed by atoms with Crippen LogP contribution in [0.3, 0.4) is 0 Å². The third-order valence-corrected chi connectivity index (χ3v) is 4.09. The Morgan fingerprint density at radius 3 is 2.50 bits per heavy atom. The molecule has 24 heavy (non-hydrogen) atoms. The number of hydrogen-bond donors (Lipinski definition) is 1. The number of carbonyl (C=O) groups is 2. The summed E-state index contributed by atoms with van der Waals surface area (Å²) < 4.78 is 11.2. The van der Waals surface area contributed by atoms with Crippen LogP contribution in [0, 0.1) is 0 Å². The highest BCUT2D eigenvalue weighted by Crippen LogP contribution is 2.29. The molecular formula is C18H19NO5. The minimum Gasteiger partial charge on any atom is -0.492 e. The summed E-state index contributed by atoms with van der Waals surface area (Å²) in [6.07, 6.45) is 0. The number of carboxylic acid groups (broad SMARTS) is 1. The molecule has 0 atom stereocenters. The zero-order chi connectivity index (χ0) is 16.9. The van der Waals surface area contributed by atoms with E-state index in [9.17, 15) is 9.59 Å². The van der Waals surface area contributed by atoms with E-state index in [2.05, 4.69) is 4.90 Å². The summed E-state index contributed by atoms with van der Waals surface area (Å²) >= 11 is 0. The van der Waals surface area contributed by atoms with E-state index in [0.717, 1.165) is 38.2 Å². The van der Waals surface area contributed by atoms with E-state index >= 15 is 0 Å². The normalized spacial score (nSPS) is 15.3. The number of hydrogen-bond acceptors (Lipinski definition) is 5. The monoisotopic (exact) mass is 329 g/mol. The summed E-state index contributed by atoms with van der Waals surface area (Å²) in [6.45, 7) is 4.61. The number of fused-ring (bicyclic) bond motifs is 1. The minimum atomic E-state index is -1.46. The van der Waals surface area contributed by atoms with E-state index in [1.54, 1.807) is 18.2 Å². The number of ketones is 1. The Morgan fingerprint density at radius 2 is 1.79 bits per heavy atom. The van der Waals surface area contributed by atoms with Crippen LogP contribution in [0.1, 0.15) is 10.4 Å². The average molecular weight is 329 g/mol. The van der Waals surface area contributed by atoms with Gasteiger partial charge in [-0.1, -0.05) is 24.3 Å². The quantitative estimate of drug-likeness (QED) is 0.643. The maximum Gasteiger partial charge on any atom is 0.377 e. The number of morpholine rings is 1. The number of aliphatic carboxylic acids is 1. The molecule has 0 spiro atoms. The highest BCUT2D eigenvalue weighted by molar-refractivity contribution is 6.42. The van der Waals surface area contributed by atoms with Gasteiger partial charge in [0.05, 0.1) is 13.2 Å². The molecule has 1 fully saturated rings. The Balaban J connectivity index is 1.77. The van der Waals surface area contributed by atoms with Gasteiger partial charge in [-0.3, -0.25) is 9.69 Å². The summed E-state index contributed by atoms with van der Waals surface area (Å²) in [5.41, 5.74) is 0.179. The van der Waals surface area contributed by atoms with Crippen molar-refractivity contribution in [3.63, 3.8) is 0 Å². The van der Waals surface area contributed by atoms with E-state index in [-0.39, 0.29) is 5.56 Å². The Kier molecular flexibility index (Phi) is 5.08. The molecule has 1 saturated heterocycles. The summed E-state index contributed by atoms with van der Waals surface area (Å²) in [5, 5.41) is 10.3. The zero-order valence-corrected chi connectivity index (χ0v) is 13.2. The van der Waals surface area contributed by atoms with Crippen LogP contribution in [0.25, 0.3) is 10.8 Å². The Bertz CT molecular complexity index is 752. The maximum absolute atomic E-state index is 11.8. The average Bonchev–Trinajstić information content (AvgIpc) is 2.62. The number of rotatable bonds is 6. The predicted octanol–water partition coefficient (Wildman–Crippen LogP) is 1.82. The van der Waals surface area contributed by atoms with E-state index in [0.29, 0.717) is 17.7 Å². The molecule has 0 amide bonds. The van der Waals surface area contributed by atoms with Crippen molar-refractivity contribution in [3.8, 4) is 5.75 Å². The van der Waals surface area contributed by atoms with Gasteiger partial charge in [0, 0.05) is 30.6 Å². The SMILES string of the molecule is O=C(O)C(=O)c1ccc(OCCN2CCOCC2)c2ccccc12. The molecule has 3 rings (SSSR count). The van der Waals surface area contributed by atoms with Crippen molar-refractivity contribution >= 4 is 22.5 Å². The fourth-order valence-electron chi connectivity index (χ4n) is 2.82. The van der Waals surface area contributed by atoms with Crippen LogP contribution in [0.15, 0.2) is 36.4 Å². The molecule has 1 N–H and O–H groups in total. The standard InChI is InChI=1S/C18H19NO5/c20-17(18(21)22)15-5-6-16(14-4-2-1-3-13(14)15)24-12-9-19-7-10-23-11-8-19/h1-6H,7-12H2,(H,21,22). The molecule has 1 aliphatic rings. The molecule has 1 aliphatic heterocycles. The Morgan fingerprint density at radius 1 is 1.08 bits per heavy atom. The fourth-order valence-corrected chi connectivity index (χ4v) is 2.82. The molecule has 0 saturated carbocycles. The van der Waals surface area contributed by atoms with Crippen LogP contribution in [0.5, 0.6) is 5.75 Å². The number of carbonyl (C=O) groups excluding carboxylic acids is 1. The number of benzene rings is 2. The van der Waals surface area contributed by atoms with Crippen LogP contribution in [0.4, 0.5) is 0 Å². The van der Waals surface area contributed by atoms with Crippen LogP contribution in [-0.4, -0.2) is 61.2 Å². The molecule has 126 valence electrons. The summed E-state index contributed by atoms with van der Waals surface area (Å²) in [5.74, 6) is -1.71. The lowest BCUT2D eigenvalue weighted by molar-refractivity contribution is -0.131. The van der Waals surface area contributed by atoms with Gasteiger partial charge in [0.2, 0.25) is 0 Å². The van der Waals surface area contributed by atoms with Crippen molar-refractivity contribution in [3.05, 3.63) is 42.0 Å². The highest BCUT2D eigenvalue weighted by atomic mass is 16.5. The summed E-state index contributed by atoms with van der Waals surface area (Å²) in [7, 11) is 0. The first kappa shape index (κ1) is 16.4. The first-order chi connectivity index (χ1) is 11.7. The molecule has 2 aromatic rings. The van der Waals surface area contributed by atoms with E-state index in [1.165, 1.54) is 6.07 Å². The molecule has 0 radical (unpaired) electrons. The first-order valence-electron chi connectivity index (χ1n) is 7.89. The number of Topliss-reactive ketones (excluding diaryl/α,β-unsaturated/α-hetero) is 1.